The fourth-order valence-electron chi connectivity index (χ4n) is 1.92. The largest absolute Gasteiger partial charge is 0.298 e. The molecule has 0 saturated heterocycles. The van der Waals surface area contributed by atoms with Gasteiger partial charge in [-0.05, 0) is 13.3 Å². The van der Waals surface area contributed by atoms with Crippen LogP contribution in [0, 0.1) is 6.92 Å². The van der Waals surface area contributed by atoms with Gasteiger partial charge in [-0.1, -0.05) is 60.9 Å². The van der Waals surface area contributed by atoms with Crippen LogP contribution in [-0.4, -0.2) is 21.9 Å². The average molecular weight is 317 g/mol. The molecule has 0 aliphatic carbocycles. The Morgan fingerprint density at radius 1 is 1.14 bits per heavy atom. The van der Waals surface area contributed by atoms with Gasteiger partial charge in [0, 0.05) is 12.0 Å². The van der Waals surface area contributed by atoms with Gasteiger partial charge in [0.15, 0.2) is 0 Å². The normalized spacial score (nSPS) is 10.5. The standard InChI is InChI=1S/C16H19N3O2S/c1-3-4-5-6-13-18-19-16(22-13)17-15(21)14(20)12-9-7-11(2)8-10-12/h7-10H,3-6H2,1-2H3,(H,17,19,21). The lowest BCUT2D eigenvalue weighted by Crippen LogP contribution is -2.22. The molecule has 5 nitrogen and oxygen atoms in total. The van der Waals surface area contributed by atoms with E-state index in [1.54, 1.807) is 24.3 Å². The third-order valence-electron chi connectivity index (χ3n) is 3.20. The van der Waals surface area contributed by atoms with Gasteiger partial charge in [0.25, 0.3) is 11.7 Å². The Hall–Kier alpha value is -2.08. The number of aromatic nitrogens is 2. The van der Waals surface area contributed by atoms with E-state index in [4.69, 9.17) is 0 Å². The molecule has 0 unspecified atom stereocenters. The molecular formula is C16H19N3O2S. The maximum atomic E-state index is 12.0. The minimum Gasteiger partial charge on any atom is -0.294 e. The van der Waals surface area contributed by atoms with Crippen LogP contribution in [0.15, 0.2) is 24.3 Å². The van der Waals surface area contributed by atoms with Gasteiger partial charge >= 0.3 is 0 Å². The Balaban J connectivity index is 1.94. The Bertz CT molecular complexity index is 650. The molecule has 2 rings (SSSR count). The number of hydrogen-bond donors (Lipinski definition) is 1. The molecule has 1 N–H and O–H groups in total. The van der Waals surface area contributed by atoms with E-state index >= 15 is 0 Å². The first-order valence-electron chi connectivity index (χ1n) is 7.35. The summed E-state index contributed by atoms with van der Waals surface area (Å²) in [7, 11) is 0. The van der Waals surface area contributed by atoms with E-state index < -0.39 is 11.7 Å². The summed E-state index contributed by atoms with van der Waals surface area (Å²) in [6, 6.07) is 6.90. The van der Waals surface area contributed by atoms with Crippen molar-refractivity contribution < 1.29 is 9.59 Å². The van der Waals surface area contributed by atoms with E-state index in [9.17, 15) is 9.59 Å². The molecule has 116 valence electrons. The highest BCUT2D eigenvalue weighted by molar-refractivity contribution is 7.15. The van der Waals surface area contributed by atoms with E-state index in [2.05, 4.69) is 22.4 Å². The predicted octanol–water partition coefficient (Wildman–Crippen LogP) is 3.40. The number of carbonyl (C=O) groups is 2. The summed E-state index contributed by atoms with van der Waals surface area (Å²) in [6.07, 6.45) is 4.20. The monoisotopic (exact) mass is 317 g/mol. The van der Waals surface area contributed by atoms with Gasteiger partial charge in [-0.25, -0.2) is 0 Å². The molecule has 0 radical (unpaired) electrons. The SMILES string of the molecule is CCCCCc1nnc(NC(=O)C(=O)c2ccc(C)cc2)s1. The van der Waals surface area contributed by atoms with Crippen LogP contribution < -0.4 is 5.32 Å². The van der Waals surface area contributed by atoms with Crippen LogP contribution in [0.4, 0.5) is 5.13 Å². The number of Topliss-reactive ketones (excluding diaryl/α,β-unsaturated/α-hetero) is 1. The summed E-state index contributed by atoms with van der Waals surface area (Å²) < 4.78 is 0. The Morgan fingerprint density at radius 2 is 1.86 bits per heavy atom. The quantitative estimate of drug-likeness (QED) is 0.482. The van der Waals surface area contributed by atoms with Crippen molar-refractivity contribution in [2.45, 2.75) is 39.5 Å². The summed E-state index contributed by atoms with van der Waals surface area (Å²) in [5, 5.41) is 11.7. The Morgan fingerprint density at radius 3 is 2.55 bits per heavy atom. The zero-order chi connectivity index (χ0) is 15.9. The molecule has 0 spiro atoms. The van der Waals surface area contributed by atoms with Gasteiger partial charge in [0.1, 0.15) is 5.01 Å². The zero-order valence-electron chi connectivity index (χ0n) is 12.8. The van der Waals surface area contributed by atoms with Crippen molar-refractivity contribution in [1.29, 1.82) is 0 Å². The molecule has 0 atom stereocenters. The lowest BCUT2D eigenvalue weighted by atomic mass is 10.1. The van der Waals surface area contributed by atoms with Gasteiger partial charge in [0.05, 0.1) is 0 Å². The highest BCUT2D eigenvalue weighted by atomic mass is 32.1. The number of amides is 1. The van der Waals surface area contributed by atoms with Crippen LogP contribution in [0.1, 0.15) is 47.1 Å². The van der Waals surface area contributed by atoms with Crippen molar-refractivity contribution in [2.75, 3.05) is 5.32 Å². The molecular weight excluding hydrogens is 298 g/mol. The number of ketones is 1. The first-order valence-corrected chi connectivity index (χ1v) is 8.16. The molecule has 2 aromatic rings. The number of carbonyl (C=O) groups excluding carboxylic acids is 2. The van der Waals surface area contributed by atoms with Gasteiger partial charge in [-0.2, -0.15) is 0 Å². The fraction of sp³-hybridized carbons (Fsp3) is 0.375. The van der Waals surface area contributed by atoms with Crippen LogP contribution in [0.25, 0.3) is 0 Å². The van der Waals surface area contributed by atoms with Gasteiger partial charge in [-0.15, -0.1) is 10.2 Å². The van der Waals surface area contributed by atoms with Crippen molar-refractivity contribution in [3.63, 3.8) is 0 Å². The van der Waals surface area contributed by atoms with E-state index in [0.717, 1.165) is 36.3 Å². The Kier molecular flexibility index (Phi) is 5.77. The minimum absolute atomic E-state index is 0.371. The molecule has 22 heavy (non-hydrogen) atoms. The summed E-state index contributed by atoms with van der Waals surface area (Å²) in [4.78, 5) is 24.0. The molecule has 1 aromatic carbocycles. The molecule has 1 aromatic heterocycles. The number of unbranched alkanes of at least 4 members (excludes halogenated alkanes) is 2. The molecule has 6 heteroatoms. The third-order valence-corrected chi connectivity index (χ3v) is 4.10. The molecule has 1 heterocycles. The average Bonchev–Trinajstić information content (AvgIpc) is 2.95. The van der Waals surface area contributed by atoms with Crippen molar-refractivity contribution in [1.82, 2.24) is 10.2 Å². The number of benzene rings is 1. The van der Waals surface area contributed by atoms with Crippen LogP contribution in [0.3, 0.4) is 0 Å². The lowest BCUT2D eigenvalue weighted by Gasteiger charge is -2.01. The van der Waals surface area contributed by atoms with Gasteiger partial charge < -0.3 is 0 Å². The zero-order valence-corrected chi connectivity index (χ0v) is 13.6. The van der Waals surface area contributed by atoms with Crippen LogP contribution in [-0.2, 0) is 11.2 Å². The molecule has 0 bridgehead atoms. The molecule has 0 fully saturated rings. The highest BCUT2D eigenvalue weighted by Gasteiger charge is 2.18. The third kappa shape index (κ3) is 4.46. The predicted molar refractivity (Wildman–Crippen MR) is 87.3 cm³/mol. The second kappa shape index (κ2) is 7.79. The maximum Gasteiger partial charge on any atom is 0.298 e. The second-order valence-electron chi connectivity index (χ2n) is 5.11. The van der Waals surface area contributed by atoms with E-state index in [0.29, 0.717) is 10.7 Å². The fourth-order valence-corrected chi connectivity index (χ4v) is 2.70. The number of anilines is 1. The molecule has 0 saturated carbocycles. The van der Waals surface area contributed by atoms with Crippen molar-refractivity contribution in [2.24, 2.45) is 0 Å². The van der Waals surface area contributed by atoms with Crippen molar-refractivity contribution >= 4 is 28.2 Å². The van der Waals surface area contributed by atoms with Crippen molar-refractivity contribution in [3.05, 3.63) is 40.4 Å². The number of nitrogens with one attached hydrogen (secondary N) is 1. The highest BCUT2D eigenvalue weighted by Crippen LogP contribution is 2.18. The Labute approximate surface area is 133 Å². The van der Waals surface area contributed by atoms with Crippen LogP contribution >= 0.6 is 11.3 Å². The molecule has 1 amide bonds. The van der Waals surface area contributed by atoms with E-state index in [1.165, 1.54) is 11.3 Å². The molecule has 0 aliphatic rings. The van der Waals surface area contributed by atoms with Crippen molar-refractivity contribution in [3.8, 4) is 0 Å². The number of nitrogens with zero attached hydrogens (tertiary/aromatic N) is 2. The number of aryl methyl sites for hydroxylation is 2. The summed E-state index contributed by atoms with van der Waals surface area (Å²) >= 11 is 1.32. The first kappa shape index (κ1) is 16.3. The summed E-state index contributed by atoms with van der Waals surface area (Å²) in [5.41, 5.74) is 1.41. The van der Waals surface area contributed by atoms with Gasteiger partial charge in [0.2, 0.25) is 5.13 Å². The topological polar surface area (TPSA) is 72.0 Å². The van der Waals surface area contributed by atoms with E-state index in [-0.39, 0.29) is 0 Å². The van der Waals surface area contributed by atoms with Crippen LogP contribution in [0.5, 0.6) is 0 Å². The summed E-state index contributed by atoms with van der Waals surface area (Å²) in [5.74, 6) is -1.25. The van der Waals surface area contributed by atoms with E-state index in [1.807, 2.05) is 6.92 Å². The lowest BCUT2D eigenvalue weighted by molar-refractivity contribution is -0.112. The smallest absolute Gasteiger partial charge is 0.294 e. The number of rotatable bonds is 7. The second-order valence-corrected chi connectivity index (χ2v) is 6.17. The minimum atomic E-state index is -0.680. The maximum absolute atomic E-state index is 12.0. The summed E-state index contributed by atoms with van der Waals surface area (Å²) in [6.45, 7) is 4.07. The number of hydrogen-bond acceptors (Lipinski definition) is 5. The molecule has 0 aliphatic heterocycles. The van der Waals surface area contributed by atoms with Gasteiger partial charge in [-0.3, -0.25) is 14.9 Å². The van der Waals surface area contributed by atoms with Crippen LogP contribution in [0.2, 0.25) is 0 Å². The first-order chi connectivity index (χ1) is 10.6.